The van der Waals surface area contributed by atoms with Gasteiger partial charge in [0.2, 0.25) is 0 Å². The van der Waals surface area contributed by atoms with Crippen LogP contribution in [0.25, 0.3) is 20.3 Å². The number of halogens is 1. The Morgan fingerprint density at radius 1 is 1.43 bits per heavy atom. The number of thiophene rings is 1. The first kappa shape index (κ1) is 15.3. The summed E-state index contributed by atoms with van der Waals surface area (Å²) in [7, 11) is 0. The fraction of sp³-hybridized carbons (Fsp3) is 0.438. The van der Waals surface area contributed by atoms with Crippen molar-refractivity contribution in [1.29, 1.82) is 0 Å². The van der Waals surface area contributed by atoms with Gasteiger partial charge >= 0.3 is 0 Å². The molecular weight excluding hydrogens is 366 g/mol. The van der Waals surface area contributed by atoms with E-state index in [1.807, 2.05) is 0 Å². The number of thiazole rings is 1. The zero-order chi connectivity index (χ0) is 14.8. The summed E-state index contributed by atoms with van der Waals surface area (Å²) < 4.78 is 8.63. The van der Waals surface area contributed by atoms with Gasteiger partial charge in [0.05, 0.1) is 26.5 Å². The zero-order valence-electron chi connectivity index (χ0n) is 12.2. The lowest BCUT2D eigenvalue weighted by molar-refractivity contribution is 0.258. The van der Waals surface area contributed by atoms with Gasteiger partial charge in [0.15, 0.2) is 0 Å². The summed E-state index contributed by atoms with van der Waals surface area (Å²) in [6, 6.07) is 4.30. The van der Waals surface area contributed by atoms with Crippen LogP contribution in [0.1, 0.15) is 24.8 Å². The normalized spacial score (nSPS) is 13.1. The van der Waals surface area contributed by atoms with Gasteiger partial charge in [-0.05, 0) is 24.8 Å². The Hall–Kier alpha value is -0.650. The summed E-state index contributed by atoms with van der Waals surface area (Å²) in [5.74, 6) is 1.58. The topological polar surface area (TPSA) is 22.1 Å². The van der Waals surface area contributed by atoms with Crippen molar-refractivity contribution < 1.29 is 4.74 Å². The van der Waals surface area contributed by atoms with Crippen molar-refractivity contribution in [3.8, 4) is 5.75 Å². The molecule has 0 saturated heterocycles. The third-order valence-corrected chi connectivity index (χ3v) is 6.31. The lowest BCUT2D eigenvalue weighted by atomic mass is 10.1. The van der Waals surface area contributed by atoms with Crippen LogP contribution in [0, 0.1) is 12.8 Å². The summed E-state index contributed by atoms with van der Waals surface area (Å²) in [5.41, 5.74) is 1.13. The molecule has 0 aliphatic rings. The molecule has 1 atom stereocenters. The van der Waals surface area contributed by atoms with E-state index in [0.29, 0.717) is 5.92 Å². The lowest BCUT2D eigenvalue weighted by Crippen LogP contribution is -2.13. The number of fused-ring (bicyclic) bond motifs is 3. The van der Waals surface area contributed by atoms with E-state index in [1.54, 1.807) is 22.7 Å². The number of hydrogen-bond donors (Lipinski definition) is 0. The maximum atomic E-state index is 6.16. The third-order valence-electron chi connectivity index (χ3n) is 3.56. The van der Waals surface area contributed by atoms with E-state index in [4.69, 9.17) is 4.74 Å². The zero-order valence-corrected chi connectivity index (χ0v) is 15.4. The van der Waals surface area contributed by atoms with Crippen LogP contribution >= 0.6 is 38.6 Å². The van der Waals surface area contributed by atoms with Gasteiger partial charge in [0.1, 0.15) is 5.75 Å². The van der Waals surface area contributed by atoms with Crippen molar-refractivity contribution >= 4 is 58.9 Å². The molecule has 112 valence electrons. The van der Waals surface area contributed by atoms with Gasteiger partial charge in [-0.15, -0.1) is 22.7 Å². The van der Waals surface area contributed by atoms with Crippen LogP contribution in [0.5, 0.6) is 5.75 Å². The molecule has 21 heavy (non-hydrogen) atoms. The van der Waals surface area contributed by atoms with Gasteiger partial charge in [0, 0.05) is 22.7 Å². The second-order valence-electron chi connectivity index (χ2n) is 5.24. The van der Waals surface area contributed by atoms with E-state index in [1.165, 1.54) is 27.6 Å². The summed E-state index contributed by atoms with van der Waals surface area (Å²) in [4.78, 5) is 4.66. The van der Waals surface area contributed by atoms with Gasteiger partial charge in [0.25, 0.3) is 0 Å². The van der Waals surface area contributed by atoms with Crippen LogP contribution in [-0.4, -0.2) is 16.9 Å². The second-order valence-corrected chi connectivity index (χ2v) is 8.04. The summed E-state index contributed by atoms with van der Waals surface area (Å²) in [5, 5.41) is 5.43. The molecule has 1 unspecified atom stereocenters. The summed E-state index contributed by atoms with van der Waals surface area (Å²) in [6.45, 7) is 5.05. The number of aromatic nitrogens is 1. The minimum atomic E-state index is 0.572. The predicted molar refractivity (Wildman–Crippen MR) is 97.4 cm³/mol. The average molecular weight is 384 g/mol. The molecule has 2 heterocycles. The fourth-order valence-electron chi connectivity index (χ4n) is 2.53. The molecule has 2 nitrogen and oxygen atoms in total. The van der Waals surface area contributed by atoms with Gasteiger partial charge in [-0.2, -0.15) is 0 Å². The quantitative estimate of drug-likeness (QED) is 0.486. The number of nitrogens with zero attached hydrogens (tertiary/aromatic N) is 1. The first-order valence-electron chi connectivity index (χ1n) is 7.19. The SMILES string of the molecule is CCCC(CBr)COc1cc2sc(C)nc2c2sccc12. The minimum Gasteiger partial charge on any atom is -0.493 e. The molecular formula is C16H18BrNOS2. The van der Waals surface area contributed by atoms with Crippen molar-refractivity contribution in [2.75, 3.05) is 11.9 Å². The maximum absolute atomic E-state index is 6.16. The van der Waals surface area contributed by atoms with Crippen molar-refractivity contribution in [1.82, 2.24) is 4.98 Å². The van der Waals surface area contributed by atoms with E-state index >= 15 is 0 Å². The molecule has 0 bridgehead atoms. The smallest absolute Gasteiger partial charge is 0.129 e. The minimum absolute atomic E-state index is 0.572. The molecule has 0 fully saturated rings. The number of benzene rings is 1. The third kappa shape index (κ3) is 3.10. The van der Waals surface area contributed by atoms with Crippen molar-refractivity contribution in [2.24, 2.45) is 5.92 Å². The average Bonchev–Trinajstić information content (AvgIpc) is 3.08. The van der Waals surface area contributed by atoms with E-state index in [0.717, 1.165) is 28.2 Å². The lowest BCUT2D eigenvalue weighted by Gasteiger charge is -2.15. The van der Waals surface area contributed by atoms with Crippen molar-refractivity contribution in [3.05, 3.63) is 22.5 Å². The molecule has 3 rings (SSSR count). The molecule has 3 aromatic rings. The Labute approximate surface area is 141 Å². The predicted octanol–water partition coefficient (Wildman–Crippen LogP) is 6.01. The monoisotopic (exact) mass is 383 g/mol. The highest BCUT2D eigenvalue weighted by Gasteiger charge is 2.14. The number of alkyl halides is 1. The van der Waals surface area contributed by atoms with Crippen LogP contribution in [0.15, 0.2) is 17.5 Å². The van der Waals surface area contributed by atoms with Gasteiger partial charge < -0.3 is 4.74 Å². The Balaban J connectivity index is 1.94. The molecule has 0 saturated carbocycles. The van der Waals surface area contributed by atoms with Crippen molar-refractivity contribution in [2.45, 2.75) is 26.7 Å². The highest BCUT2D eigenvalue weighted by Crippen LogP contribution is 2.39. The van der Waals surface area contributed by atoms with Gasteiger partial charge in [-0.25, -0.2) is 4.98 Å². The standard InChI is InChI=1S/C16H18BrNOS2/c1-3-4-11(8-17)9-19-13-7-14-15(18-10(2)21-14)16-12(13)5-6-20-16/h5-7,11H,3-4,8-9H2,1-2H3. The van der Waals surface area contributed by atoms with E-state index in [2.05, 4.69) is 52.3 Å². The first-order valence-corrected chi connectivity index (χ1v) is 10.0. The molecule has 0 spiro atoms. The van der Waals surface area contributed by atoms with E-state index < -0.39 is 0 Å². The van der Waals surface area contributed by atoms with Crippen LogP contribution in [0.3, 0.4) is 0 Å². The molecule has 0 radical (unpaired) electrons. The molecule has 0 aliphatic heterocycles. The fourth-order valence-corrected chi connectivity index (χ4v) is 4.87. The molecule has 5 heteroatoms. The largest absolute Gasteiger partial charge is 0.493 e. The van der Waals surface area contributed by atoms with Gasteiger partial charge in [-0.1, -0.05) is 29.3 Å². The number of aryl methyl sites for hydroxylation is 1. The molecule has 0 aliphatic carbocycles. The van der Waals surface area contributed by atoms with E-state index in [9.17, 15) is 0 Å². The Morgan fingerprint density at radius 2 is 2.29 bits per heavy atom. The Bertz CT molecular complexity index is 749. The molecule has 1 aromatic carbocycles. The van der Waals surface area contributed by atoms with Crippen LogP contribution < -0.4 is 4.74 Å². The second kappa shape index (κ2) is 6.63. The Kier molecular flexibility index (Phi) is 4.82. The number of rotatable bonds is 6. The van der Waals surface area contributed by atoms with Crippen LogP contribution in [0.4, 0.5) is 0 Å². The summed E-state index contributed by atoms with van der Waals surface area (Å²) in [6.07, 6.45) is 2.39. The number of ether oxygens (including phenoxy) is 1. The highest BCUT2D eigenvalue weighted by molar-refractivity contribution is 9.09. The molecule has 0 amide bonds. The summed E-state index contributed by atoms with van der Waals surface area (Å²) >= 11 is 7.08. The van der Waals surface area contributed by atoms with Crippen molar-refractivity contribution in [3.63, 3.8) is 0 Å². The molecule has 2 aromatic heterocycles. The van der Waals surface area contributed by atoms with Crippen LogP contribution in [0.2, 0.25) is 0 Å². The van der Waals surface area contributed by atoms with Crippen LogP contribution in [-0.2, 0) is 0 Å². The highest BCUT2D eigenvalue weighted by atomic mass is 79.9. The first-order chi connectivity index (χ1) is 10.2. The van der Waals surface area contributed by atoms with E-state index in [-0.39, 0.29) is 0 Å². The maximum Gasteiger partial charge on any atom is 0.129 e. The number of hydrogen-bond acceptors (Lipinski definition) is 4. The Morgan fingerprint density at radius 3 is 3.05 bits per heavy atom. The van der Waals surface area contributed by atoms with Gasteiger partial charge in [-0.3, -0.25) is 0 Å². The molecule has 0 N–H and O–H groups in total.